The summed E-state index contributed by atoms with van der Waals surface area (Å²) in [7, 11) is -6.92. The average molecular weight is 1010 g/mol. The van der Waals surface area contributed by atoms with Crippen molar-refractivity contribution in [2.45, 2.75) is 65.6 Å². The van der Waals surface area contributed by atoms with Gasteiger partial charge in [-0.1, -0.05) is 54.6 Å². The summed E-state index contributed by atoms with van der Waals surface area (Å²) in [5.41, 5.74) is 7.74. The molecule has 0 radical (unpaired) electrons. The van der Waals surface area contributed by atoms with Gasteiger partial charge in [-0.3, -0.25) is 19.3 Å². The number of carboxylic acids is 1. The van der Waals surface area contributed by atoms with Crippen LogP contribution in [0, 0.1) is 0 Å². The molecule has 3 saturated heterocycles. The van der Waals surface area contributed by atoms with Crippen LogP contribution >= 0.6 is 11.8 Å². The zero-order chi connectivity index (χ0) is 49.5. The molecule has 0 saturated carbocycles. The Bertz CT molecular complexity index is 3680. The van der Waals surface area contributed by atoms with E-state index in [1.54, 1.807) is 18.2 Å². The van der Waals surface area contributed by atoms with E-state index in [4.69, 9.17) is 4.42 Å². The first-order valence-corrected chi connectivity index (χ1v) is 27.4. The lowest BCUT2D eigenvalue weighted by atomic mass is 9.93. The minimum Gasteiger partial charge on any atom is -0.477 e. The number of nitrogens with one attached hydrogen (secondary N) is 1. The highest BCUT2D eigenvalue weighted by Gasteiger charge is 2.68. The second-order valence-corrected chi connectivity index (χ2v) is 25.1. The Balaban J connectivity index is 0.892. The fraction of sp³-hybridized carbons (Fsp3) is 0.288. The third-order valence-corrected chi connectivity index (χ3v) is 21.1. The summed E-state index contributed by atoms with van der Waals surface area (Å²) in [5.74, 6) is -2.96. The molecule has 7 heterocycles. The Morgan fingerprint density at radius 3 is 2.46 bits per heavy atom. The maximum Gasteiger partial charge on any atom is 0.352 e. The van der Waals surface area contributed by atoms with E-state index in [1.165, 1.54) is 38.1 Å². The number of rotatable bonds is 9. The number of sulfonamides is 1. The average Bonchev–Trinajstić information content (AvgIpc) is 4.03. The van der Waals surface area contributed by atoms with Crippen LogP contribution in [0.1, 0.15) is 31.4 Å². The van der Waals surface area contributed by atoms with Gasteiger partial charge in [0.2, 0.25) is 32.9 Å². The molecule has 0 bridgehead atoms. The molecule has 0 aromatic heterocycles. The standard InChI is InChI=1S/C52H46N6O10S3/c1-52(2)47(57-42(59)26-43(57)70(52,64)65)48(60)53-45-49(61)58-46(51(62)63)31(28-69-50(45)58)27-54(3)71(66,67)41-15-9-6-12-36(41)44-34-18-16-32(55-22-20-29-10-4-7-13-37(29)55)24-39(34)68-40-25-33(17-19-35(40)44)56-23-21-30-11-5-8-14-38(30)56/h4-19,24-25,43,45,47,50H,20-23,26-28H2,1-3H3,(H-,53,60,62,63)/p+1/t43-,45-,47+,50-/m1/s1. The predicted octanol–water partition coefficient (Wildman–Crippen LogP) is 5.05. The van der Waals surface area contributed by atoms with Gasteiger partial charge in [-0.25, -0.2) is 21.6 Å². The zero-order valence-electron chi connectivity index (χ0n) is 38.7. The fourth-order valence-corrected chi connectivity index (χ4v) is 16.2. The molecule has 4 atom stereocenters. The third-order valence-electron chi connectivity index (χ3n) is 15.1. The molecule has 19 heteroatoms. The molecule has 71 heavy (non-hydrogen) atoms. The van der Waals surface area contributed by atoms with E-state index in [9.17, 15) is 32.7 Å². The Labute approximate surface area is 413 Å². The van der Waals surface area contributed by atoms with Crippen molar-refractivity contribution in [3.8, 4) is 22.5 Å². The SMILES string of the molecule is CN(CC1=C(C(=O)O)N2C(=O)[C@@H](NC(=O)[C@@H]3N4C(=O)C[C@H]4S(=O)(=O)C3(C)C)[C@H]2SC1)S(=O)(=O)c1ccccc1-c1c2ccc(=[N+]3CCc4ccccc43)cc-2oc2cc(N3CCc4ccccc43)ccc12. The van der Waals surface area contributed by atoms with Gasteiger partial charge in [0.15, 0.2) is 16.4 Å². The highest BCUT2D eigenvalue weighted by Crippen LogP contribution is 2.48. The van der Waals surface area contributed by atoms with Crippen LogP contribution < -0.4 is 20.1 Å². The predicted molar refractivity (Wildman–Crippen MR) is 267 cm³/mol. The molecule has 0 unspecified atom stereocenters. The monoisotopic (exact) mass is 1010 g/mol. The number of aliphatic carboxylic acids is 1. The fourth-order valence-electron chi connectivity index (χ4n) is 11.4. The van der Waals surface area contributed by atoms with E-state index in [2.05, 4.69) is 39.1 Å². The van der Waals surface area contributed by atoms with Crippen molar-refractivity contribution in [1.82, 2.24) is 24.0 Å². The van der Waals surface area contributed by atoms with Gasteiger partial charge in [-0.15, -0.1) is 11.8 Å². The number of nitrogens with zero attached hydrogens (tertiary/aromatic N) is 5. The van der Waals surface area contributed by atoms with Gasteiger partial charge in [-0.2, -0.15) is 8.88 Å². The molecule has 362 valence electrons. The first kappa shape index (κ1) is 45.3. The van der Waals surface area contributed by atoms with Gasteiger partial charge in [0, 0.05) is 89.5 Å². The molecule has 16 nitrogen and oxygen atoms in total. The number of carbonyl (C=O) groups is 4. The lowest BCUT2D eigenvalue weighted by Gasteiger charge is -2.50. The summed E-state index contributed by atoms with van der Waals surface area (Å²) < 4.78 is 65.0. The molecule has 1 aliphatic carbocycles. The topological polar surface area (TPSA) is 198 Å². The van der Waals surface area contributed by atoms with Crippen LogP contribution in [-0.2, 0) is 51.9 Å². The summed E-state index contributed by atoms with van der Waals surface area (Å²) in [6, 6.07) is 32.7. The number of fused-ring (bicyclic) bond motifs is 6. The van der Waals surface area contributed by atoms with Crippen molar-refractivity contribution in [1.29, 1.82) is 0 Å². The molecule has 7 aliphatic heterocycles. The van der Waals surface area contributed by atoms with Gasteiger partial charge < -0.3 is 24.6 Å². The van der Waals surface area contributed by atoms with Gasteiger partial charge in [0.1, 0.15) is 39.9 Å². The number of amides is 3. The molecule has 2 N–H and O–H groups in total. The molecule has 3 amide bonds. The van der Waals surface area contributed by atoms with E-state index >= 15 is 8.42 Å². The van der Waals surface area contributed by atoms with Crippen LogP contribution in [0.3, 0.4) is 0 Å². The van der Waals surface area contributed by atoms with E-state index in [1.807, 2.05) is 60.7 Å². The molecule has 12 rings (SSSR count). The first-order valence-electron chi connectivity index (χ1n) is 23.3. The highest BCUT2D eigenvalue weighted by molar-refractivity contribution is 8.00. The van der Waals surface area contributed by atoms with Crippen molar-refractivity contribution in [3.05, 3.63) is 137 Å². The van der Waals surface area contributed by atoms with Crippen LogP contribution in [0.15, 0.2) is 130 Å². The molecule has 4 aromatic carbocycles. The number of benzene rings is 5. The van der Waals surface area contributed by atoms with E-state index in [-0.39, 0.29) is 29.2 Å². The van der Waals surface area contributed by atoms with Crippen molar-refractivity contribution >= 4 is 83.3 Å². The van der Waals surface area contributed by atoms with Gasteiger partial charge in [-0.05, 0) is 61.7 Å². The molecule has 3 fully saturated rings. The normalized spacial score (nSPS) is 23.6. The highest BCUT2D eigenvalue weighted by atomic mass is 32.2. The lowest BCUT2D eigenvalue weighted by Crippen LogP contribution is -2.72. The van der Waals surface area contributed by atoms with Gasteiger partial charge in [0.25, 0.3) is 5.91 Å². The van der Waals surface area contributed by atoms with E-state index < -0.39 is 76.8 Å². The minimum atomic E-state index is -4.40. The number of thioether (sulfide) groups is 1. The smallest absolute Gasteiger partial charge is 0.352 e. The number of hydrogen-bond acceptors (Lipinski definition) is 11. The largest absolute Gasteiger partial charge is 0.477 e. The maximum atomic E-state index is 15.1. The number of carbonyl (C=O) groups excluding carboxylic acids is 3. The van der Waals surface area contributed by atoms with E-state index in [0.717, 1.165) is 74.2 Å². The molecule has 8 aliphatic rings. The second kappa shape index (κ2) is 16.1. The molecule has 4 aromatic rings. The summed E-state index contributed by atoms with van der Waals surface area (Å²) in [6.45, 7) is 3.94. The van der Waals surface area contributed by atoms with Crippen LogP contribution in [0.25, 0.3) is 33.4 Å². The summed E-state index contributed by atoms with van der Waals surface area (Å²) >= 11 is 1.15. The first-order chi connectivity index (χ1) is 34.0. The van der Waals surface area contributed by atoms with Gasteiger partial charge >= 0.3 is 5.97 Å². The molecular weight excluding hydrogens is 965 g/mol. The van der Waals surface area contributed by atoms with Gasteiger partial charge in [0.05, 0.1) is 22.1 Å². The van der Waals surface area contributed by atoms with Crippen LogP contribution in [0.2, 0.25) is 0 Å². The second-order valence-electron chi connectivity index (χ2n) is 19.3. The number of sulfone groups is 1. The Kier molecular flexibility index (Phi) is 10.3. The number of β-lactam (4-membered cyclic amide) rings is 2. The third kappa shape index (κ3) is 6.68. The summed E-state index contributed by atoms with van der Waals surface area (Å²) in [6.07, 6.45) is 1.56. The van der Waals surface area contributed by atoms with Crippen molar-refractivity contribution < 1.29 is 45.5 Å². The zero-order valence-corrected chi connectivity index (χ0v) is 41.2. The number of para-hydroxylation sites is 2. The number of hydrogen-bond donors (Lipinski definition) is 2. The van der Waals surface area contributed by atoms with Crippen LogP contribution in [0.4, 0.5) is 17.1 Å². The molecule has 0 spiro atoms. The van der Waals surface area contributed by atoms with Crippen molar-refractivity contribution in [2.24, 2.45) is 0 Å². The number of anilines is 2. The maximum absolute atomic E-state index is 15.1. The minimum absolute atomic E-state index is 0.00304. The number of carboxylic acid groups (broad SMARTS) is 1. The summed E-state index contributed by atoms with van der Waals surface area (Å²) in [4.78, 5) is 57.3. The molecular formula is C52H47N6O10S3+. The van der Waals surface area contributed by atoms with Crippen LogP contribution in [-0.4, -0.2) is 120 Å². The quantitative estimate of drug-likeness (QED) is 0.111. The van der Waals surface area contributed by atoms with Crippen molar-refractivity contribution in [2.75, 3.05) is 37.3 Å². The number of likely N-dealkylation sites (N-methyl/N-ethyl adjacent to an activating group) is 1. The van der Waals surface area contributed by atoms with Crippen LogP contribution in [0.5, 0.6) is 0 Å². The Morgan fingerprint density at radius 1 is 0.930 bits per heavy atom. The Hall–Kier alpha value is -6.80. The lowest BCUT2D eigenvalue weighted by molar-refractivity contribution is -0.154. The summed E-state index contributed by atoms with van der Waals surface area (Å²) in [5, 5.41) is 12.8. The van der Waals surface area contributed by atoms with Crippen molar-refractivity contribution in [3.63, 3.8) is 0 Å². The Morgan fingerprint density at radius 2 is 1.68 bits per heavy atom. The van der Waals surface area contributed by atoms with E-state index in [0.29, 0.717) is 33.4 Å².